The summed E-state index contributed by atoms with van der Waals surface area (Å²) in [5, 5.41) is 16.8. The summed E-state index contributed by atoms with van der Waals surface area (Å²) in [5.74, 6) is -4.72. The molecule has 3 aliphatic rings. The zero-order valence-electron chi connectivity index (χ0n) is 52.3. The van der Waals surface area contributed by atoms with Crippen LogP contribution in [-0.2, 0) is 97.5 Å². The molecular weight excluding hydrogens is 1330 g/mol. The van der Waals surface area contributed by atoms with Gasteiger partial charge in [-0.15, -0.1) is 0 Å². The van der Waals surface area contributed by atoms with Crippen LogP contribution in [0, 0.1) is 5.41 Å². The number of carbonyl (C=O) groups is 4. The normalized spacial score (nSPS) is 25.2. The Kier molecular flexibility index (Phi) is 26.0. The standard InChI is InChI=1S/C70H66Cl3N7O18/c1-85-65(84)60-59(96-66-52(77-79-75)56(87-38-44-25-11-3-12-26-44)54(86-37-43-23-9-2-10-24-43)50(92-66)41-90-62(81)47-31-17-6-18-32-47)58(88-39-45-27-13-4-14-28-45)61(89-40-46-29-15-5-16-30-46)68(97-60)95-55-51(42-91-63(82)48-33-19-7-20-34-48)93-67(98-69(74)70(71,72)73)53(78-80-76)57(55)94-64(83)49-35-21-8-22-36-49/h2-36,50-61,66-68,74H,37-42H2,1H3/t50?,51?,52?,53?,54-,55-,56-,57-,58-,59+,60?,61?,66+,67?,68-/m1/s1. The van der Waals surface area contributed by atoms with Crippen LogP contribution in [0.2, 0.25) is 0 Å². The molecule has 10 rings (SSSR count). The molecule has 3 saturated heterocycles. The van der Waals surface area contributed by atoms with Gasteiger partial charge in [-0.2, -0.15) is 0 Å². The van der Waals surface area contributed by atoms with Crippen molar-refractivity contribution >= 4 is 64.6 Å². The van der Waals surface area contributed by atoms with E-state index < -0.39 is 139 Å². The number of azide groups is 2. The molecule has 7 unspecified atom stereocenters. The van der Waals surface area contributed by atoms with Crippen LogP contribution >= 0.6 is 34.8 Å². The molecule has 15 atom stereocenters. The Morgan fingerprint density at radius 2 is 0.806 bits per heavy atom. The monoisotopic (exact) mass is 1400 g/mol. The Hall–Kier alpha value is -8.98. The number of esters is 4. The van der Waals surface area contributed by atoms with E-state index in [-0.39, 0.29) is 43.1 Å². The summed E-state index contributed by atoms with van der Waals surface area (Å²) in [5.41, 5.74) is 23.9. The number of rotatable bonds is 28. The van der Waals surface area contributed by atoms with Gasteiger partial charge in [0.2, 0.25) is 12.2 Å². The first-order chi connectivity index (χ1) is 47.7. The second-order valence-electron chi connectivity index (χ2n) is 22.3. The number of methoxy groups -OCH3 is 1. The quantitative estimate of drug-likeness (QED) is 0.00696. The predicted octanol–water partition coefficient (Wildman–Crippen LogP) is 12.1. The van der Waals surface area contributed by atoms with Crippen LogP contribution in [0.3, 0.4) is 0 Å². The van der Waals surface area contributed by atoms with Crippen molar-refractivity contribution in [2.45, 2.75) is 122 Å². The van der Waals surface area contributed by atoms with Gasteiger partial charge in [-0.1, -0.05) is 221 Å². The van der Waals surface area contributed by atoms with Crippen LogP contribution in [0.4, 0.5) is 0 Å². The number of alkyl halides is 3. The van der Waals surface area contributed by atoms with Crippen molar-refractivity contribution in [3.05, 3.63) is 272 Å². The van der Waals surface area contributed by atoms with Gasteiger partial charge < -0.3 is 66.3 Å². The zero-order valence-corrected chi connectivity index (χ0v) is 54.5. The Bertz CT molecular complexity index is 3820. The molecule has 28 heteroatoms. The Labute approximate surface area is 577 Å². The number of halogens is 3. The lowest BCUT2D eigenvalue weighted by molar-refractivity contribution is -0.370. The smallest absolute Gasteiger partial charge is 0.338 e. The number of ether oxygens (including phenoxy) is 14. The van der Waals surface area contributed by atoms with E-state index in [0.29, 0.717) is 16.7 Å². The number of carbonyl (C=O) groups excluding carboxylic acids is 4. The molecule has 3 fully saturated rings. The zero-order chi connectivity index (χ0) is 68.8. The van der Waals surface area contributed by atoms with E-state index in [4.69, 9.17) is 107 Å². The first-order valence-corrected chi connectivity index (χ1v) is 31.9. The molecule has 3 heterocycles. The molecule has 0 aromatic heterocycles. The fourth-order valence-electron chi connectivity index (χ4n) is 11.0. The van der Waals surface area contributed by atoms with Gasteiger partial charge in [-0.3, -0.25) is 5.41 Å². The highest BCUT2D eigenvalue weighted by Crippen LogP contribution is 2.40. The van der Waals surface area contributed by atoms with Gasteiger partial charge >= 0.3 is 23.9 Å². The van der Waals surface area contributed by atoms with Crippen molar-refractivity contribution < 1.29 is 85.5 Å². The van der Waals surface area contributed by atoms with Crippen molar-refractivity contribution in [2.75, 3.05) is 20.3 Å². The third kappa shape index (κ3) is 19.2. The molecular formula is C70H66Cl3N7O18. The number of hydrogen-bond acceptors (Lipinski definition) is 21. The second kappa shape index (κ2) is 35.5. The topological polar surface area (TPSA) is 319 Å². The lowest BCUT2D eigenvalue weighted by Crippen LogP contribution is -2.68. The lowest BCUT2D eigenvalue weighted by Gasteiger charge is -2.50. The van der Waals surface area contributed by atoms with Gasteiger partial charge in [-0.25, -0.2) is 19.2 Å². The van der Waals surface area contributed by atoms with E-state index in [1.807, 2.05) is 60.7 Å². The highest BCUT2D eigenvalue weighted by atomic mass is 35.6. The highest BCUT2D eigenvalue weighted by molar-refractivity contribution is 6.76. The fourth-order valence-corrected chi connectivity index (χ4v) is 11.1. The third-order valence-corrected chi connectivity index (χ3v) is 16.3. The third-order valence-electron chi connectivity index (χ3n) is 15.8. The van der Waals surface area contributed by atoms with Gasteiger partial charge in [-0.05, 0) is 69.7 Å². The van der Waals surface area contributed by atoms with Crippen molar-refractivity contribution in [1.29, 1.82) is 5.41 Å². The summed E-state index contributed by atoms with van der Waals surface area (Å²) >= 11 is 18.4. The minimum absolute atomic E-state index is 0.00329. The summed E-state index contributed by atoms with van der Waals surface area (Å²) in [4.78, 5) is 63.5. The number of hydrogen-bond donors (Lipinski definition) is 1. The van der Waals surface area contributed by atoms with E-state index in [2.05, 4.69) is 20.1 Å². The molecule has 7 aromatic carbocycles. The maximum Gasteiger partial charge on any atom is 0.338 e. The van der Waals surface area contributed by atoms with E-state index in [0.717, 1.165) is 12.7 Å². The van der Waals surface area contributed by atoms with Crippen LogP contribution < -0.4 is 0 Å². The molecule has 7 aromatic rings. The van der Waals surface area contributed by atoms with Crippen molar-refractivity contribution in [1.82, 2.24) is 0 Å². The molecule has 3 aliphatic heterocycles. The van der Waals surface area contributed by atoms with Gasteiger partial charge in [0, 0.05) is 9.82 Å². The molecule has 98 heavy (non-hydrogen) atoms. The molecule has 0 radical (unpaired) electrons. The van der Waals surface area contributed by atoms with E-state index in [1.165, 1.54) is 24.3 Å². The molecule has 1 N–H and O–H groups in total. The van der Waals surface area contributed by atoms with Gasteiger partial charge in [0.1, 0.15) is 80.2 Å². The van der Waals surface area contributed by atoms with Crippen LogP contribution in [0.1, 0.15) is 53.3 Å². The molecule has 0 amide bonds. The van der Waals surface area contributed by atoms with Gasteiger partial charge in [0.25, 0.3) is 3.79 Å². The SMILES string of the molecule is COC(=O)C1O[C@@H](O[C@@H]2C(COC(=O)c3ccccc3)OC(OC(=N)C(Cl)(Cl)Cl)C(N=[N+]=[N-])[C@H]2OC(=O)c2ccccc2)C(OCc2ccccc2)[C@H](OCc2ccccc2)[C@@H]1O[C@@H]1OC(COC(=O)c2ccccc2)[C@@H](OCc2ccccc2)[C@H](OCc2ccccc2)C1N=[N+]=[N-]. The summed E-state index contributed by atoms with van der Waals surface area (Å²) < 4.78 is 88.7. The van der Waals surface area contributed by atoms with Crippen LogP contribution in [-0.4, -0.2) is 146 Å². The first-order valence-electron chi connectivity index (χ1n) is 30.8. The molecule has 0 aliphatic carbocycles. The van der Waals surface area contributed by atoms with Crippen LogP contribution in [0.25, 0.3) is 20.9 Å². The molecule has 0 bridgehead atoms. The number of nitrogens with one attached hydrogen (secondary N) is 1. The van der Waals surface area contributed by atoms with Crippen molar-refractivity contribution in [3.63, 3.8) is 0 Å². The maximum absolute atomic E-state index is 15.0. The van der Waals surface area contributed by atoms with Gasteiger partial charge in [0.15, 0.2) is 18.7 Å². The Morgan fingerprint density at radius 1 is 0.439 bits per heavy atom. The summed E-state index contributed by atoms with van der Waals surface area (Å²) in [6, 6.07) is 56.5. The molecule has 0 saturated carbocycles. The van der Waals surface area contributed by atoms with E-state index in [1.54, 1.807) is 127 Å². The van der Waals surface area contributed by atoms with Crippen molar-refractivity contribution in [3.8, 4) is 0 Å². The molecule has 25 nitrogen and oxygen atoms in total. The molecule has 0 spiro atoms. The number of benzene rings is 7. The summed E-state index contributed by atoms with van der Waals surface area (Å²) in [7, 11) is 1.08. The lowest BCUT2D eigenvalue weighted by atomic mass is 9.94. The average molecular weight is 1400 g/mol. The van der Waals surface area contributed by atoms with E-state index >= 15 is 0 Å². The van der Waals surface area contributed by atoms with Crippen LogP contribution in [0.5, 0.6) is 0 Å². The predicted molar refractivity (Wildman–Crippen MR) is 352 cm³/mol. The van der Waals surface area contributed by atoms with Gasteiger partial charge in [0.05, 0.1) is 50.2 Å². The fraction of sp³-hybridized carbons (Fsp3) is 0.329. The minimum atomic E-state index is -2.54. The second-order valence-corrected chi connectivity index (χ2v) is 24.6. The Balaban J connectivity index is 1.10. The Morgan fingerprint density at radius 3 is 1.23 bits per heavy atom. The maximum atomic E-state index is 15.0. The molecule has 510 valence electrons. The first kappa shape index (κ1) is 71.8. The summed E-state index contributed by atoms with van der Waals surface area (Å²) in [6.45, 7) is -1.83. The number of nitrogens with zero attached hydrogens (tertiary/aromatic N) is 6. The summed E-state index contributed by atoms with van der Waals surface area (Å²) in [6.07, 6.45) is -21.8. The largest absolute Gasteiger partial charge is 0.467 e. The van der Waals surface area contributed by atoms with E-state index in [9.17, 15) is 30.2 Å². The van der Waals surface area contributed by atoms with Crippen LogP contribution in [0.15, 0.2) is 223 Å². The van der Waals surface area contributed by atoms with Crippen molar-refractivity contribution in [2.24, 2.45) is 10.2 Å². The highest BCUT2D eigenvalue weighted by Gasteiger charge is 2.59. The average Bonchev–Trinajstić information content (AvgIpc) is 0.762. The minimum Gasteiger partial charge on any atom is -0.467 e.